The maximum Gasteiger partial charge on any atom is 0.252 e. The van der Waals surface area contributed by atoms with E-state index in [0.29, 0.717) is 11.1 Å². The van der Waals surface area contributed by atoms with E-state index in [1.165, 1.54) is 19.2 Å². The molecule has 0 heterocycles. The number of allylic oxidation sites excluding steroid dienone is 1. The number of likely N-dealkylation sites (N-methyl/N-ethyl adjacent to an activating group) is 1. The van der Waals surface area contributed by atoms with Crippen LogP contribution in [0, 0.1) is 0 Å². The summed E-state index contributed by atoms with van der Waals surface area (Å²) in [6.07, 6.45) is 4.29. The SMILES string of the molecule is CNC(=O)CNC(=O)c1ccccc1/C=C/[C]=O. The minimum absolute atomic E-state index is 0.0901. The number of amides is 2. The summed E-state index contributed by atoms with van der Waals surface area (Å²) in [5.74, 6) is -0.651. The van der Waals surface area contributed by atoms with Gasteiger partial charge < -0.3 is 10.6 Å². The van der Waals surface area contributed by atoms with Crippen LogP contribution in [0.5, 0.6) is 0 Å². The van der Waals surface area contributed by atoms with Gasteiger partial charge in [-0.15, -0.1) is 0 Å². The number of carbonyl (C=O) groups excluding carboxylic acids is 3. The fourth-order valence-corrected chi connectivity index (χ4v) is 1.32. The van der Waals surface area contributed by atoms with Crippen molar-refractivity contribution >= 4 is 24.2 Å². The number of hydrogen-bond acceptors (Lipinski definition) is 3. The molecule has 1 radical (unpaired) electrons. The molecule has 2 amide bonds. The third kappa shape index (κ3) is 3.86. The Morgan fingerprint density at radius 2 is 2.06 bits per heavy atom. The van der Waals surface area contributed by atoms with E-state index in [0.717, 1.165) is 0 Å². The van der Waals surface area contributed by atoms with E-state index in [4.69, 9.17) is 0 Å². The topological polar surface area (TPSA) is 75.3 Å². The van der Waals surface area contributed by atoms with E-state index in [-0.39, 0.29) is 18.4 Å². The second-order valence-corrected chi connectivity index (χ2v) is 3.39. The average Bonchev–Trinajstić information content (AvgIpc) is 2.42. The number of hydrogen-bond donors (Lipinski definition) is 2. The number of nitrogens with one attached hydrogen (secondary N) is 2. The molecule has 0 aromatic heterocycles. The normalized spacial score (nSPS) is 10.1. The predicted molar refractivity (Wildman–Crippen MR) is 67.6 cm³/mol. The first-order chi connectivity index (χ1) is 8.69. The molecule has 0 spiro atoms. The molecule has 1 aromatic carbocycles. The van der Waals surface area contributed by atoms with Crippen LogP contribution in [0.3, 0.4) is 0 Å². The van der Waals surface area contributed by atoms with Crippen LogP contribution >= 0.6 is 0 Å². The Bertz CT molecular complexity index is 481. The van der Waals surface area contributed by atoms with Crippen molar-refractivity contribution in [1.29, 1.82) is 0 Å². The van der Waals surface area contributed by atoms with E-state index in [1.54, 1.807) is 30.6 Å². The lowest BCUT2D eigenvalue weighted by Gasteiger charge is -2.06. The molecule has 5 nitrogen and oxygen atoms in total. The van der Waals surface area contributed by atoms with Gasteiger partial charge in [0, 0.05) is 12.6 Å². The van der Waals surface area contributed by atoms with Crippen molar-refractivity contribution in [1.82, 2.24) is 10.6 Å². The Morgan fingerprint density at radius 3 is 2.72 bits per heavy atom. The third-order valence-electron chi connectivity index (χ3n) is 2.22. The van der Waals surface area contributed by atoms with Crippen molar-refractivity contribution in [3.8, 4) is 0 Å². The summed E-state index contributed by atoms with van der Waals surface area (Å²) in [6.45, 7) is -0.0901. The second-order valence-electron chi connectivity index (χ2n) is 3.39. The number of rotatable bonds is 5. The summed E-state index contributed by atoms with van der Waals surface area (Å²) in [5.41, 5.74) is 0.989. The van der Waals surface area contributed by atoms with Gasteiger partial charge in [0.15, 0.2) is 0 Å². The molecule has 1 rings (SSSR count). The van der Waals surface area contributed by atoms with Crippen LogP contribution in [-0.4, -0.2) is 31.7 Å². The van der Waals surface area contributed by atoms with Crippen molar-refractivity contribution < 1.29 is 14.4 Å². The molecular weight excluding hydrogens is 232 g/mol. The van der Waals surface area contributed by atoms with Crippen LogP contribution in [0.1, 0.15) is 15.9 Å². The molecule has 0 atom stereocenters. The van der Waals surface area contributed by atoms with Crippen molar-refractivity contribution in [3.05, 3.63) is 41.5 Å². The molecule has 0 fully saturated rings. The molecule has 0 aliphatic heterocycles. The Labute approximate surface area is 105 Å². The van der Waals surface area contributed by atoms with Crippen LogP contribution in [0.2, 0.25) is 0 Å². The maximum absolute atomic E-state index is 11.8. The van der Waals surface area contributed by atoms with Gasteiger partial charge >= 0.3 is 0 Å². The van der Waals surface area contributed by atoms with Gasteiger partial charge in [-0.05, 0) is 17.7 Å². The molecule has 0 saturated heterocycles. The van der Waals surface area contributed by atoms with Crippen molar-refractivity contribution in [2.75, 3.05) is 13.6 Å². The molecule has 93 valence electrons. The number of carbonyl (C=O) groups is 2. The summed E-state index contributed by atoms with van der Waals surface area (Å²) in [4.78, 5) is 33.0. The van der Waals surface area contributed by atoms with Crippen LogP contribution in [-0.2, 0) is 9.59 Å². The highest BCUT2D eigenvalue weighted by molar-refractivity contribution is 5.99. The smallest absolute Gasteiger partial charge is 0.252 e. The van der Waals surface area contributed by atoms with Gasteiger partial charge in [-0.25, -0.2) is 0 Å². The highest BCUT2D eigenvalue weighted by Gasteiger charge is 2.09. The van der Waals surface area contributed by atoms with Crippen LogP contribution in [0.25, 0.3) is 6.08 Å². The Morgan fingerprint density at radius 1 is 1.33 bits per heavy atom. The van der Waals surface area contributed by atoms with Gasteiger partial charge in [-0.1, -0.05) is 24.3 Å². The Balaban J connectivity index is 2.81. The summed E-state index contributed by atoms with van der Waals surface area (Å²) in [6, 6.07) is 6.77. The fraction of sp³-hybridized carbons (Fsp3) is 0.154. The van der Waals surface area contributed by atoms with E-state index in [1.807, 2.05) is 0 Å². The molecule has 0 aliphatic carbocycles. The molecule has 1 aromatic rings. The second kappa shape index (κ2) is 7.01. The first-order valence-electron chi connectivity index (χ1n) is 5.31. The lowest BCUT2D eigenvalue weighted by Crippen LogP contribution is -2.35. The van der Waals surface area contributed by atoms with Crippen LogP contribution in [0.4, 0.5) is 0 Å². The van der Waals surface area contributed by atoms with Crippen LogP contribution < -0.4 is 10.6 Å². The molecular formula is C13H13N2O3. The van der Waals surface area contributed by atoms with E-state index in [9.17, 15) is 14.4 Å². The minimum atomic E-state index is -0.371. The lowest BCUT2D eigenvalue weighted by molar-refractivity contribution is -0.119. The monoisotopic (exact) mass is 245 g/mol. The van der Waals surface area contributed by atoms with Gasteiger partial charge in [0.1, 0.15) is 0 Å². The summed E-state index contributed by atoms with van der Waals surface area (Å²) < 4.78 is 0. The molecule has 2 N–H and O–H groups in total. The summed E-state index contributed by atoms with van der Waals surface area (Å²) in [7, 11) is 1.49. The molecule has 0 saturated carbocycles. The standard InChI is InChI=1S/C13H13N2O3/c1-14-12(17)9-15-13(18)11-7-3-2-5-10(11)6-4-8-16/h2-7H,9H2,1H3,(H,14,17)(H,15,18)/b6-4+. The average molecular weight is 245 g/mol. The molecule has 5 heteroatoms. The zero-order valence-corrected chi connectivity index (χ0v) is 9.90. The highest BCUT2D eigenvalue weighted by atomic mass is 16.2. The highest BCUT2D eigenvalue weighted by Crippen LogP contribution is 2.10. The maximum atomic E-state index is 11.8. The lowest BCUT2D eigenvalue weighted by atomic mass is 10.1. The minimum Gasteiger partial charge on any atom is -0.358 e. The molecule has 18 heavy (non-hydrogen) atoms. The first kappa shape index (κ1) is 13.6. The first-order valence-corrected chi connectivity index (χ1v) is 5.31. The molecule has 0 unspecified atom stereocenters. The van der Waals surface area contributed by atoms with Gasteiger partial charge in [0.05, 0.1) is 6.54 Å². The quantitative estimate of drug-likeness (QED) is 0.732. The zero-order chi connectivity index (χ0) is 13.4. The largest absolute Gasteiger partial charge is 0.358 e. The van der Waals surface area contributed by atoms with E-state index >= 15 is 0 Å². The van der Waals surface area contributed by atoms with Crippen LogP contribution in [0.15, 0.2) is 30.3 Å². The number of benzene rings is 1. The summed E-state index contributed by atoms with van der Waals surface area (Å²) in [5, 5.41) is 4.88. The van der Waals surface area contributed by atoms with E-state index in [2.05, 4.69) is 10.6 Å². The van der Waals surface area contributed by atoms with Gasteiger partial charge in [-0.3, -0.25) is 14.4 Å². The van der Waals surface area contributed by atoms with Crippen molar-refractivity contribution in [3.63, 3.8) is 0 Å². The van der Waals surface area contributed by atoms with Crippen molar-refractivity contribution in [2.45, 2.75) is 0 Å². The fourth-order valence-electron chi connectivity index (χ4n) is 1.32. The molecule has 0 aliphatic rings. The van der Waals surface area contributed by atoms with Gasteiger partial charge in [0.2, 0.25) is 12.2 Å². The van der Waals surface area contributed by atoms with Gasteiger partial charge in [-0.2, -0.15) is 0 Å². The Hall–Kier alpha value is -2.43. The predicted octanol–water partition coefficient (Wildman–Crippen LogP) is 0.285. The Kier molecular flexibility index (Phi) is 5.31. The van der Waals surface area contributed by atoms with Gasteiger partial charge in [0.25, 0.3) is 5.91 Å². The third-order valence-corrected chi connectivity index (χ3v) is 2.22. The van der Waals surface area contributed by atoms with E-state index < -0.39 is 0 Å². The zero-order valence-electron chi connectivity index (χ0n) is 9.90. The van der Waals surface area contributed by atoms with Crippen molar-refractivity contribution in [2.24, 2.45) is 0 Å². The molecule has 0 bridgehead atoms. The summed E-state index contributed by atoms with van der Waals surface area (Å²) >= 11 is 0.